The second kappa shape index (κ2) is 12.1. The van der Waals surface area contributed by atoms with Gasteiger partial charge in [-0.2, -0.15) is 0 Å². The van der Waals surface area contributed by atoms with Crippen LogP contribution in [0.1, 0.15) is 11.3 Å². The number of pyridine rings is 3. The van der Waals surface area contributed by atoms with Crippen LogP contribution in [0.2, 0.25) is 0 Å². The van der Waals surface area contributed by atoms with Crippen molar-refractivity contribution >= 4 is 32.7 Å². The van der Waals surface area contributed by atoms with Crippen LogP contribution < -0.4 is 0 Å². The third kappa shape index (κ3) is 5.35. The molecule has 0 aliphatic carbocycles. The fourth-order valence-corrected chi connectivity index (χ4v) is 6.77. The van der Waals surface area contributed by atoms with E-state index in [2.05, 4.69) is 122 Å². The van der Waals surface area contributed by atoms with Gasteiger partial charge in [0.25, 0.3) is 0 Å². The van der Waals surface area contributed by atoms with Crippen molar-refractivity contribution in [2.45, 2.75) is 13.8 Å². The fourth-order valence-electron chi connectivity index (χ4n) is 6.77. The highest BCUT2D eigenvalue weighted by molar-refractivity contribution is 6.04. The minimum absolute atomic E-state index is 0.653. The molecule has 0 aliphatic heterocycles. The molecule has 0 unspecified atom stereocenters. The van der Waals surface area contributed by atoms with Gasteiger partial charge in [0.05, 0.1) is 33.6 Å². The second-order valence-electron chi connectivity index (χ2n) is 12.7. The lowest BCUT2D eigenvalue weighted by atomic mass is 9.98. The Bertz CT molecular complexity index is 2730. The molecule has 0 fully saturated rings. The molecule has 4 heterocycles. The van der Waals surface area contributed by atoms with Gasteiger partial charge in [-0.05, 0) is 61.4 Å². The van der Waals surface area contributed by atoms with Gasteiger partial charge in [-0.3, -0.25) is 9.97 Å². The van der Waals surface area contributed by atoms with Crippen LogP contribution in [0, 0.1) is 13.8 Å². The highest BCUT2D eigenvalue weighted by Crippen LogP contribution is 2.34. The lowest BCUT2D eigenvalue weighted by molar-refractivity contribution is 1.18. The van der Waals surface area contributed by atoms with Crippen molar-refractivity contribution in [1.82, 2.24) is 24.9 Å². The number of hydrogen-bond donors (Lipinski definition) is 0. The van der Waals surface area contributed by atoms with Crippen molar-refractivity contribution in [3.05, 3.63) is 163 Å². The molecule has 5 heteroatoms. The first-order valence-electron chi connectivity index (χ1n) is 16.7. The summed E-state index contributed by atoms with van der Waals surface area (Å²) in [5.74, 6) is 0.653. The summed E-state index contributed by atoms with van der Waals surface area (Å²) in [5.41, 5.74) is 13.7. The normalized spacial score (nSPS) is 11.4. The summed E-state index contributed by atoms with van der Waals surface area (Å²) in [6, 6.07) is 50.2. The van der Waals surface area contributed by atoms with Crippen LogP contribution in [-0.4, -0.2) is 24.9 Å². The number of fused-ring (bicyclic) bond motifs is 4. The molecule has 0 saturated heterocycles. The van der Waals surface area contributed by atoms with E-state index in [1.165, 1.54) is 0 Å². The van der Waals surface area contributed by atoms with Gasteiger partial charge >= 0.3 is 0 Å². The van der Waals surface area contributed by atoms with Gasteiger partial charge in [-0.1, -0.05) is 109 Å². The van der Waals surface area contributed by atoms with E-state index in [0.717, 1.165) is 94.4 Å². The lowest BCUT2D eigenvalue weighted by Crippen LogP contribution is -1.97. The summed E-state index contributed by atoms with van der Waals surface area (Å²) in [6.45, 7) is 4.16. The second-order valence-corrected chi connectivity index (χ2v) is 12.7. The molecule has 0 atom stereocenters. The molecule has 0 amide bonds. The first-order chi connectivity index (χ1) is 24.6. The summed E-state index contributed by atoms with van der Waals surface area (Å²) in [4.78, 5) is 25.1. The molecule has 0 spiro atoms. The van der Waals surface area contributed by atoms with Crippen LogP contribution in [0.3, 0.4) is 0 Å². The van der Waals surface area contributed by atoms with Crippen molar-refractivity contribution in [1.29, 1.82) is 0 Å². The zero-order valence-corrected chi connectivity index (χ0v) is 27.7. The minimum atomic E-state index is 0.653. The fraction of sp³-hybridized carbons (Fsp3) is 0.0444. The van der Waals surface area contributed by atoms with E-state index in [4.69, 9.17) is 24.9 Å². The standard InChI is InChI=1S/C45H31N5/c1-28-24-39(48-44-37(28)22-21-32-20-19-29(2)47-43(32)44)35-15-7-16-36(26-35)45-49-40(30-10-4-3-5-11-30)27-41(50-45)34-14-6-13-33(25-34)38-18-8-12-31-17-9-23-46-42(31)38/h3-27H,1-2H3. The molecule has 0 radical (unpaired) electrons. The lowest BCUT2D eigenvalue weighted by Gasteiger charge is -2.12. The summed E-state index contributed by atoms with van der Waals surface area (Å²) < 4.78 is 0. The van der Waals surface area contributed by atoms with Crippen molar-refractivity contribution in [2.24, 2.45) is 0 Å². The average molecular weight is 642 g/mol. The van der Waals surface area contributed by atoms with Gasteiger partial charge < -0.3 is 0 Å². The maximum absolute atomic E-state index is 5.19. The Balaban J connectivity index is 1.18. The van der Waals surface area contributed by atoms with Crippen LogP contribution in [0.5, 0.6) is 0 Å². The maximum atomic E-state index is 5.19. The molecule has 0 bridgehead atoms. The molecule has 50 heavy (non-hydrogen) atoms. The first kappa shape index (κ1) is 29.5. The number of para-hydroxylation sites is 1. The van der Waals surface area contributed by atoms with E-state index >= 15 is 0 Å². The van der Waals surface area contributed by atoms with E-state index in [0.29, 0.717) is 5.82 Å². The SMILES string of the molecule is Cc1ccc2ccc3c(C)cc(-c4cccc(-c5nc(-c6ccccc6)cc(-c6cccc(-c7cccc8cccnc78)c6)n5)c4)nc3c2n1. The smallest absolute Gasteiger partial charge is 0.160 e. The molecular formula is C45H31N5. The first-order valence-corrected chi connectivity index (χ1v) is 16.7. The van der Waals surface area contributed by atoms with Gasteiger partial charge in [-0.15, -0.1) is 0 Å². The van der Waals surface area contributed by atoms with Crippen molar-refractivity contribution in [2.75, 3.05) is 0 Å². The molecule has 5 aromatic carbocycles. The molecule has 9 rings (SSSR count). The van der Waals surface area contributed by atoms with Gasteiger partial charge in [0.15, 0.2) is 5.82 Å². The Labute approximate surface area is 290 Å². The monoisotopic (exact) mass is 641 g/mol. The number of aryl methyl sites for hydroxylation is 2. The summed E-state index contributed by atoms with van der Waals surface area (Å²) >= 11 is 0. The molecule has 4 aromatic heterocycles. The zero-order valence-electron chi connectivity index (χ0n) is 27.7. The Morgan fingerprint density at radius 2 is 1.04 bits per heavy atom. The van der Waals surface area contributed by atoms with E-state index in [1.807, 2.05) is 43.5 Å². The summed E-state index contributed by atoms with van der Waals surface area (Å²) in [7, 11) is 0. The number of rotatable bonds is 5. The van der Waals surface area contributed by atoms with Gasteiger partial charge in [-0.25, -0.2) is 15.0 Å². The van der Waals surface area contributed by atoms with Crippen molar-refractivity contribution < 1.29 is 0 Å². The van der Waals surface area contributed by atoms with Crippen LogP contribution in [0.25, 0.3) is 89.0 Å². The van der Waals surface area contributed by atoms with Gasteiger partial charge in [0.1, 0.15) is 0 Å². The summed E-state index contributed by atoms with van der Waals surface area (Å²) in [6.07, 6.45) is 1.85. The third-order valence-electron chi connectivity index (χ3n) is 9.30. The van der Waals surface area contributed by atoms with Crippen molar-refractivity contribution in [3.8, 4) is 56.3 Å². The van der Waals surface area contributed by atoms with E-state index in [1.54, 1.807) is 0 Å². The Morgan fingerprint density at radius 3 is 1.88 bits per heavy atom. The Hall–Kier alpha value is -6.59. The molecule has 0 aliphatic rings. The molecule has 236 valence electrons. The third-order valence-corrected chi connectivity index (χ3v) is 9.30. The maximum Gasteiger partial charge on any atom is 0.160 e. The predicted molar refractivity (Wildman–Crippen MR) is 205 cm³/mol. The van der Waals surface area contributed by atoms with Crippen LogP contribution in [-0.2, 0) is 0 Å². The number of hydrogen-bond acceptors (Lipinski definition) is 5. The number of nitrogens with zero attached hydrogens (tertiary/aromatic N) is 5. The van der Waals surface area contributed by atoms with E-state index < -0.39 is 0 Å². The van der Waals surface area contributed by atoms with Gasteiger partial charge in [0.2, 0.25) is 0 Å². The molecule has 5 nitrogen and oxygen atoms in total. The topological polar surface area (TPSA) is 64.5 Å². The quantitative estimate of drug-likeness (QED) is 0.175. The van der Waals surface area contributed by atoms with Crippen LogP contribution in [0.15, 0.2) is 152 Å². The Morgan fingerprint density at radius 1 is 0.400 bits per heavy atom. The minimum Gasteiger partial charge on any atom is -0.256 e. The molecule has 9 aromatic rings. The van der Waals surface area contributed by atoms with Crippen LogP contribution in [0.4, 0.5) is 0 Å². The van der Waals surface area contributed by atoms with Gasteiger partial charge in [0, 0.05) is 55.9 Å². The predicted octanol–water partition coefficient (Wildman–Crippen LogP) is 11.1. The Kier molecular flexibility index (Phi) is 7.17. The molecule has 0 N–H and O–H groups in total. The average Bonchev–Trinajstić information content (AvgIpc) is 3.18. The highest BCUT2D eigenvalue weighted by atomic mass is 14.9. The largest absolute Gasteiger partial charge is 0.256 e. The molecular weight excluding hydrogens is 611 g/mol. The number of aromatic nitrogens is 5. The molecule has 0 saturated carbocycles. The van der Waals surface area contributed by atoms with Crippen LogP contribution >= 0.6 is 0 Å². The number of benzene rings is 5. The van der Waals surface area contributed by atoms with E-state index in [-0.39, 0.29) is 0 Å². The van der Waals surface area contributed by atoms with E-state index in [9.17, 15) is 0 Å². The highest BCUT2D eigenvalue weighted by Gasteiger charge is 2.15. The van der Waals surface area contributed by atoms with Crippen molar-refractivity contribution in [3.63, 3.8) is 0 Å². The summed E-state index contributed by atoms with van der Waals surface area (Å²) in [5, 5.41) is 3.31. The zero-order chi connectivity index (χ0) is 33.6.